The molecule has 0 heterocycles. The molecule has 0 saturated carbocycles. The first-order chi connectivity index (χ1) is 16.4. The van der Waals surface area contributed by atoms with Gasteiger partial charge in [0.25, 0.3) is 0 Å². The monoisotopic (exact) mass is 488 g/mol. The maximum atomic E-state index is 13.1. The third-order valence-corrected chi connectivity index (χ3v) is 5.13. The van der Waals surface area contributed by atoms with Crippen molar-refractivity contribution in [3.05, 3.63) is 29.8 Å². The Kier molecular flexibility index (Phi) is 12.1. The number of aliphatic imine (C=N–C) groups is 2. The minimum Gasteiger partial charge on any atom is -0.370 e. The number of amides is 3. The Morgan fingerprint density at radius 2 is 1.66 bits per heavy atom. The van der Waals surface area contributed by atoms with Crippen molar-refractivity contribution in [2.45, 2.75) is 64.6 Å². The molecule has 12 nitrogen and oxygen atoms in total. The van der Waals surface area contributed by atoms with Crippen LogP contribution < -0.4 is 33.6 Å². The summed E-state index contributed by atoms with van der Waals surface area (Å²) >= 11 is 0. The molecule has 0 aliphatic heterocycles. The van der Waals surface area contributed by atoms with Crippen LogP contribution in [0, 0.1) is 6.92 Å². The molecule has 0 fully saturated rings. The molecule has 3 amide bonds. The van der Waals surface area contributed by atoms with Crippen LogP contribution in [0.15, 0.2) is 34.3 Å². The first-order valence-corrected chi connectivity index (χ1v) is 11.3. The zero-order valence-electron chi connectivity index (χ0n) is 20.4. The molecule has 0 aromatic heterocycles. The standard InChI is InChI=1S/C23H36N8O4/c1-13-7-4-5-8-17(13)29-14(2)20(33)18(9-6-12-28-23(26)27)31-21(34)15(3)30-22(35)16(24)10-11-19(25)32/h4-5,7-8,15-16,18H,6,9-12,24H2,1-3H3,(H2,25,32)(H,30,35)(H,31,34)(H4,26,27,28)/t15-,16-,18-/m0/s1. The molecule has 0 aliphatic carbocycles. The third kappa shape index (κ3) is 10.8. The lowest BCUT2D eigenvalue weighted by molar-refractivity contribution is -0.130. The van der Waals surface area contributed by atoms with Crippen molar-refractivity contribution < 1.29 is 19.2 Å². The van der Waals surface area contributed by atoms with Gasteiger partial charge < -0.3 is 33.6 Å². The molecule has 3 atom stereocenters. The molecule has 1 rings (SSSR count). The van der Waals surface area contributed by atoms with Gasteiger partial charge in [-0.2, -0.15) is 0 Å². The average Bonchev–Trinajstić information content (AvgIpc) is 2.79. The molecule has 0 bridgehead atoms. The highest BCUT2D eigenvalue weighted by Crippen LogP contribution is 2.18. The maximum Gasteiger partial charge on any atom is 0.242 e. The summed E-state index contributed by atoms with van der Waals surface area (Å²) in [6, 6.07) is 4.46. The smallest absolute Gasteiger partial charge is 0.242 e. The van der Waals surface area contributed by atoms with Gasteiger partial charge in [0.05, 0.1) is 23.5 Å². The highest BCUT2D eigenvalue weighted by Gasteiger charge is 2.26. The second kappa shape index (κ2) is 14.5. The average molecular weight is 489 g/mol. The number of para-hydroxylation sites is 1. The Hall–Kier alpha value is -3.80. The van der Waals surface area contributed by atoms with Gasteiger partial charge in [-0.25, -0.2) is 4.99 Å². The van der Waals surface area contributed by atoms with E-state index in [0.29, 0.717) is 12.1 Å². The Morgan fingerprint density at radius 3 is 2.26 bits per heavy atom. The van der Waals surface area contributed by atoms with Gasteiger partial charge in [-0.3, -0.25) is 24.2 Å². The van der Waals surface area contributed by atoms with Crippen LogP contribution in [0.5, 0.6) is 0 Å². The molecule has 192 valence electrons. The summed E-state index contributed by atoms with van der Waals surface area (Å²) in [4.78, 5) is 57.3. The fourth-order valence-electron chi connectivity index (χ4n) is 3.06. The van der Waals surface area contributed by atoms with E-state index in [1.165, 1.54) is 6.92 Å². The number of carbonyl (C=O) groups is 4. The summed E-state index contributed by atoms with van der Waals surface area (Å²) in [5.74, 6) is -2.21. The highest BCUT2D eigenvalue weighted by atomic mass is 16.2. The molecule has 1 aromatic carbocycles. The summed E-state index contributed by atoms with van der Waals surface area (Å²) < 4.78 is 0. The van der Waals surface area contributed by atoms with Crippen LogP contribution in [0.3, 0.4) is 0 Å². The number of primary amides is 1. The van der Waals surface area contributed by atoms with Gasteiger partial charge in [0.1, 0.15) is 6.04 Å². The molecule has 0 saturated heterocycles. The third-order valence-electron chi connectivity index (χ3n) is 5.13. The predicted octanol–water partition coefficient (Wildman–Crippen LogP) is -0.708. The van der Waals surface area contributed by atoms with Crippen molar-refractivity contribution in [2.24, 2.45) is 32.9 Å². The lowest BCUT2D eigenvalue weighted by atomic mass is 10.0. The number of benzene rings is 1. The predicted molar refractivity (Wildman–Crippen MR) is 135 cm³/mol. The summed E-state index contributed by atoms with van der Waals surface area (Å²) in [5, 5.41) is 5.15. The summed E-state index contributed by atoms with van der Waals surface area (Å²) in [6.45, 7) is 5.19. The van der Waals surface area contributed by atoms with Gasteiger partial charge in [0.2, 0.25) is 17.7 Å². The SMILES string of the molecule is CC(=Nc1ccccc1C)C(=O)[C@H](CCCN=C(N)N)NC(=O)[C@H](C)NC(=O)[C@@H](N)CCC(N)=O. The van der Waals surface area contributed by atoms with Gasteiger partial charge in [0, 0.05) is 13.0 Å². The van der Waals surface area contributed by atoms with Crippen molar-refractivity contribution in [1.29, 1.82) is 0 Å². The van der Waals surface area contributed by atoms with Crippen LogP contribution >= 0.6 is 0 Å². The summed E-state index contributed by atoms with van der Waals surface area (Å²) in [7, 11) is 0. The zero-order valence-corrected chi connectivity index (χ0v) is 20.4. The van der Waals surface area contributed by atoms with Crippen molar-refractivity contribution in [2.75, 3.05) is 6.54 Å². The number of aryl methyl sites for hydroxylation is 1. The Balaban J connectivity index is 2.92. The Morgan fingerprint density at radius 1 is 1.00 bits per heavy atom. The largest absolute Gasteiger partial charge is 0.370 e. The van der Waals surface area contributed by atoms with Crippen LogP contribution in [0.1, 0.15) is 45.1 Å². The van der Waals surface area contributed by atoms with Gasteiger partial charge in [-0.05, 0) is 51.7 Å². The normalized spacial score (nSPS) is 13.8. The van der Waals surface area contributed by atoms with E-state index in [1.54, 1.807) is 13.0 Å². The number of rotatable bonds is 14. The molecule has 0 radical (unpaired) electrons. The molecular formula is C23H36N8O4. The van der Waals surface area contributed by atoms with Crippen LogP contribution in [-0.4, -0.2) is 59.8 Å². The van der Waals surface area contributed by atoms with Crippen LogP contribution in [0.4, 0.5) is 5.69 Å². The number of nitrogens with zero attached hydrogens (tertiary/aromatic N) is 2. The van der Waals surface area contributed by atoms with Crippen molar-refractivity contribution in [3.63, 3.8) is 0 Å². The van der Waals surface area contributed by atoms with E-state index in [-0.39, 0.29) is 43.3 Å². The summed E-state index contributed by atoms with van der Waals surface area (Å²) in [6.07, 6.45) is 0.669. The second-order valence-corrected chi connectivity index (χ2v) is 8.20. The highest BCUT2D eigenvalue weighted by molar-refractivity contribution is 6.41. The molecule has 10 N–H and O–H groups in total. The second-order valence-electron chi connectivity index (χ2n) is 8.20. The first-order valence-electron chi connectivity index (χ1n) is 11.3. The van der Waals surface area contributed by atoms with E-state index in [4.69, 9.17) is 22.9 Å². The van der Waals surface area contributed by atoms with Crippen molar-refractivity contribution in [3.8, 4) is 0 Å². The first kappa shape index (κ1) is 29.2. The van der Waals surface area contributed by atoms with E-state index < -0.39 is 35.8 Å². The Bertz CT molecular complexity index is 972. The van der Waals surface area contributed by atoms with Gasteiger partial charge in [-0.1, -0.05) is 18.2 Å². The Labute approximate surface area is 205 Å². The lowest BCUT2D eigenvalue weighted by Gasteiger charge is -2.22. The van der Waals surface area contributed by atoms with Crippen molar-refractivity contribution >= 4 is 40.9 Å². The summed E-state index contributed by atoms with van der Waals surface area (Å²) in [5.41, 5.74) is 23.3. The zero-order chi connectivity index (χ0) is 26.5. The number of hydrogen-bond donors (Lipinski definition) is 6. The molecule has 0 spiro atoms. The fraction of sp³-hybridized carbons (Fsp3) is 0.478. The lowest BCUT2D eigenvalue weighted by Crippen LogP contribution is -2.54. The van der Waals surface area contributed by atoms with Crippen LogP contribution in [0.25, 0.3) is 0 Å². The number of Topliss-reactive ketones (excluding diaryl/α,β-unsaturated/α-hetero) is 1. The minimum absolute atomic E-state index is 0.0516. The van der Waals surface area contributed by atoms with Crippen LogP contribution in [-0.2, 0) is 19.2 Å². The van der Waals surface area contributed by atoms with Gasteiger partial charge in [0.15, 0.2) is 11.7 Å². The number of hydrogen-bond acceptors (Lipinski definition) is 7. The van der Waals surface area contributed by atoms with E-state index in [9.17, 15) is 19.2 Å². The molecule has 0 aliphatic rings. The number of nitrogens with two attached hydrogens (primary N) is 4. The van der Waals surface area contributed by atoms with Crippen LogP contribution in [0.2, 0.25) is 0 Å². The fourth-order valence-corrected chi connectivity index (χ4v) is 3.06. The number of ketones is 1. The maximum absolute atomic E-state index is 13.1. The quantitative estimate of drug-likeness (QED) is 0.112. The van der Waals surface area contributed by atoms with Gasteiger partial charge in [-0.15, -0.1) is 0 Å². The number of carbonyl (C=O) groups excluding carboxylic acids is 4. The van der Waals surface area contributed by atoms with E-state index in [0.717, 1.165) is 5.56 Å². The van der Waals surface area contributed by atoms with Crippen molar-refractivity contribution in [1.82, 2.24) is 10.6 Å². The van der Waals surface area contributed by atoms with Gasteiger partial charge >= 0.3 is 0 Å². The molecule has 1 aromatic rings. The van der Waals surface area contributed by atoms with E-state index >= 15 is 0 Å². The van der Waals surface area contributed by atoms with E-state index in [2.05, 4.69) is 20.6 Å². The number of guanidine groups is 1. The molecule has 0 unspecified atom stereocenters. The van der Waals surface area contributed by atoms with E-state index in [1.807, 2.05) is 25.1 Å². The minimum atomic E-state index is -1.00. The number of nitrogens with one attached hydrogen (secondary N) is 2. The molecule has 35 heavy (non-hydrogen) atoms. The molecular weight excluding hydrogens is 452 g/mol. The molecule has 12 heteroatoms. The topological polar surface area (TPSA) is 221 Å².